The van der Waals surface area contributed by atoms with E-state index in [1.54, 1.807) is 4.90 Å². The van der Waals surface area contributed by atoms with Crippen molar-refractivity contribution < 1.29 is 24.2 Å². The maximum absolute atomic E-state index is 12.4. The number of hydrogen-bond donors (Lipinski definition) is 2. The van der Waals surface area contributed by atoms with Gasteiger partial charge in [0.1, 0.15) is 12.2 Å². The number of alkyl carbamates (subject to hydrolysis) is 1. The van der Waals surface area contributed by atoms with Crippen LogP contribution in [0.15, 0.2) is 23.8 Å². The molecule has 0 radical (unpaired) electrons. The number of hydrogen-bond acceptors (Lipinski definition) is 5. The van der Waals surface area contributed by atoms with Crippen LogP contribution < -0.4 is 5.32 Å². The van der Waals surface area contributed by atoms with E-state index in [0.29, 0.717) is 25.9 Å². The number of nitrogens with zero attached hydrogens (tertiary/aromatic N) is 1. The summed E-state index contributed by atoms with van der Waals surface area (Å²) in [6.07, 6.45) is 8.67. The van der Waals surface area contributed by atoms with Crippen LogP contribution in [0.25, 0.3) is 0 Å². The minimum Gasteiger partial charge on any atom is -0.445 e. The van der Waals surface area contributed by atoms with E-state index in [0.717, 1.165) is 24.8 Å². The van der Waals surface area contributed by atoms with Gasteiger partial charge in [-0.25, -0.2) is 9.59 Å². The van der Waals surface area contributed by atoms with Gasteiger partial charge in [0, 0.05) is 19.7 Å². The highest BCUT2D eigenvalue weighted by atomic mass is 16.6. The number of aliphatic hydroxyl groups is 1. The minimum absolute atomic E-state index is 0.0849. The maximum atomic E-state index is 12.4. The molecule has 0 unspecified atom stereocenters. The minimum atomic E-state index is -0.707. The highest BCUT2D eigenvalue weighted by Gasteiger charge is 2.39. The topological polar surface area (TPSA) is 88.1 Å². The van der Waals surface area contributed by atoms with Gasteiger partial charge in [-0.1, -0.05) is 18.2 Å². The summed E-state index contributed by atoms with van der Waals surface area (Å²) in [5.41, 5.74) is -0.215. The summed E-state index contributed by atoms with van der Waals surface area (Å²) in [4.78, 5) is 26.3. The standard InChI is InChI=1S/C20H32N2O5/c1-19(2,3)27-18(25)22-12-7-10-20(15-22,11-13-23)21-17(24)26-14-16-8-5-4-6-9-16/h4-5,8,23H,6-7,9-15H2,1-3H3,(H,21,24)/t20-/m0/s1. The van der Waals surface area contributed by atoms with Crippen LogP contribution >= 0.6 is 0 Å². The molecule has 2 amide bonds. The Kier molecular flexibility index (Phi) is 7.30. The predicted molar refractivity (Wildman–Crippen MR) is 102 cm³/mol. The summed E-state index contributed by atoms with van der Waals surface area (Å²) in [6, 6.07) is 0. The van der Waals surface area contributed by atoms with Gasteiger partial charge in [-0.05, 0) is 58.4 Å². The zero-order valence-corrected chi connectivity index (χ0v) is 16.6. The van der Waals surface area contributed by atoms with Crippen LogP contribution in [0.5, 0.6) is 0 Å². The Morgan fingerprint density at radius 1 is 1.37 bits per heavy atom. The van der Waals surface area contributed by atoms with Crippen molar-refractivity contribution in [3.8, 4) is 0 Å². The third-order valence-corrected chi connectivity index (χ3v) is 4.67. The highest BCUT2D eigenvalue weighted by Crippen LogP contribution is 2.26. The molecule has 7 nitrogen and oxygen atoms in total. The van der Waals surface area contributed by atoms with Gasteiger partial charge in [0.15, 0.2) is 0 Å². The Hall–Kier alpha value is -2.02. The quantitative estimate of drug-likeness (QED) is 0.765. The Labute approximate surface area is 161 Å². The van der Waals surface area contributed by atoms with Crippen LogP contribution in [-0.4, -0.2) is 59.6 Å². The van der Waals surface area contributed by atoms with Crippen LogP contribution in [0.3, 0.4) is 0 Å². The van der Waals surface area contributed by atoms with Gasteiger partial charge in [0.25, 0.3) is 0 Å². The number of ether oxygens (including phenoxy) is 2. The maximum Gasteiger partial charge on any atom is 0.410 e. The number of allylic oxidation sites excluding steroid dienone is 3. The molecule has 0 saturated carbocycles. The first-order valence-electron chi connectivity index (χ1n) is 9.61. The van der Waals surface area contributed by atoms with Gasteiger partial charge in [0.2, 0.25) is 0 Å². The van der Waals surface area contributed by atoms with Crippen molar-refractivity contribution in [2.24, 2.45) is 0 Å². The number of carbonyl (C=O) groups excluding carboxylic acids is 2. The summed E-state index contributed by atoms with van der Waals surface area (Å²) < 4.78 is 10.8. The molecule has 1 heterocycles. The molecule has 1 aliphatic heterocycles. The number of nitrogens with one attached hydrogen (secondary N) is 1. The molecule has 152 valence electrons. The van der Waals surface area contributed by atoms with Crippen molar-refractivity contribution in [3.05, 3.63) is 23.8 Å². The van der Waals surface area contributed by atoms with Gasteiger partial charge >= 0.3 is 12.2 Å². The van der Waals surface area contributed by atoms with Crippen LogP contribution in [0.4, 0.5) is 9.59 Å². The molecule has 2 rings (SSSR count). The van der Waals surface area contributed by atoms with E-state index in [1.165, 1.54) is 0 Å². The lowest BCUT2D eigenvalue weighted by Crippen LogP contribution is -2.60. The predicted octanol–water partition coefficient (Wildman–Crippen LogP) is 3.14. The molecule has 27 heavy (non-hydrogen) atoms. The summed E-state index contributed by atoms with van der Waals surface area (Å²) >= 11 is 0. The van der Waals surface area contributed by atoms with Crippen LogP contribution in [0.1, 0.15) is 52.9 Å². The molecule has 2 N–H and O–H groups in total. The number of likely N-dealkylation sites (tertiary alicyclic amines) is 1. The van der Waals surface area contributed by atoms with E-state index < -0.39 is 23.3 Å². The fraction of sp³-hybridized carbons (Fsp3) is 0.700. The zero-order valence-electron chi connectivity index (χ0n) is 16.6. The van der Waals surface area contributed by atoms with Gasteiger partial charge in [-0.3, -0.25) is 0 Å². The zero-order chi connectivity index (χ0) is 19.9. The van der Waals surface area contributed by atoms with Crippen molar-refractivity contribution in [2.75, 3.05) is 26.3 Å². The summed E-state index contributed by atoms with van der Waals surface area (Å²) in [5.74, 6) is 0. The SMILES string of the molecule is CC(C)(C)OC(=O)N1CCC[C@@](CCO)(NC(=O)OCC2=CC=CCC2)C1. The molecule has 0 aromatic rings. The number of rotatable bonds is 5. The lowest BCUT2D eigenvalue weighted by atomic mass is 9.86. The first kappa shape index (κ1) is 21.3. The molecule has 1 atom stereocenters. The van der Waals surface area contributed by atoms with Crippen molar-refractivity contribution in [1.29, 1.82) is 0 Å². The molecule has 7 heteroatoms. The van der Waals surface area contributed by atoms with Gasteiger partial charge in [0.05, 0.1) is 5.54 Å². The summed E-state index contributed by atoms with van der Waals surface area (Å²) in [7, 11) is 0. The molecule has 1 saturated heterocycles. The normalized spacial score (nSPS) is 22.8. The fourth-order valence-electron chi connectivity index (χ4n) is 3.38. The number of carbonyl (C=O) groups is 2. The van der Waals surface area contributed by atoms with E-state index >= 15 is 0 Å². The molecule has 0 bridgehead atoms. The van der Waals surface area contributed by atoms with E-state index in [9.17, 15) is 14.7 Å². The van der Waals surface area contributed by atoms with Crippen molar-refractivity contribution in [2.45, 2.75) is 64.0 Å². The Morgan fingerprint density at radius 3 is 2.78 bits per heavy atom. The second kappa shape index (κ2) is 9.26. The molecular formula is C20H32N2O5. The molecule has 0 aromatic heterocycles. The Bertz CT molecular complexity index is 590. The van der Waals surface area contributed by atoms with E-state index in [4.69, 9.17) is 9.47 Å². The van der Waals surface area contributed by atoms with Gasteiger partial charge < -0.3 is 24.8 Å². The number of amides is 2. The molecule has 0 spiro atoms. The smallest absolute Gasteiger partial charge is 0.410 e. The van der Waals surface area contributed by atoms with Crippen LogP contribution in [0, 0.1) is 0 Å². The largest absolute Gasteiger partial charge is 0.445 e. The molecule has 0 aromatic carbocycles. The molecule has 1 aliphatic carbocycles. The average Bonchev–Trinajstić information content (AvgIpc) is 2.60. The monoisotopic (exact) mass is 380 g/mol. The van der Waals surface area contributed by atoms with E-state index in [1.807, 2.05) is 32.9 Å². The van der Waals surface area contributed by atoms with Crippen LogP contribution in [0.2, 0.25) is 0 Å². The molecule has 2 aliphatic rings. The first-order chi connectivity index (χ1) is 12.7. The van der Waals surface area contributed by atoms with Gasteiger partial charge in [-0.15, -0.1) is 0 Å². The highest BCUT2D eigenvalue weighted by molar-refractivity contribution is 5.70. The Balaban J connectivity index is 1.96. The van der Waals surface area contributed by atoms with Crippen molar-refractivity contribution in [3.63, 3.8) is 0 Å². The lowest BCUT2D eigenvalue weighted by molar-refractivity contribution is 0.00769. The second-order valence-electron chi connectivity index (χ2n) is 8.25. The average molecular weight is 380 g/mol. The Morgan fingerprint density at radius 2 is 2.15 bits per heavy atom. The summed E-state index contributed by atoms with van der Waals surface area (Å²) in [5, 5.41) is 12.4. The number of piperidine rings is 1. The van der Waals surface area contributed by atoms with Gasteiger partial charge in [-0.2, -0.15) is 0 Å². The third-order valence-electron chi connectivity index (χ3n) is 4.67. The fourth-order valence-corrected chi connectivity index (χ4v) is 3.38. The number of aliphatic hydroxyl groups excluding tert-OH is 1. The summed E-state index contributed by atoms with van der Waals surface area (Å²) in [6.45, 7) is 6.49. The molecular weight excluding hydrogens is 348 g/mol. The lowest BCUT2D eigenvalue weighted by Gasteiger charge is -2.43. The second-order valence-corrected chi connectivity index (χ2v) is 8.25. The van der Waals surface area contributed by atoms with E-state index in [2.05, 4.69) is 11.4 Å². The van der Waals surface area contributed by atoms with Crippen molar-refractivity contribution in [1.82, 2.24) is 10.2 Å². The third kappa shape index (κ3) is 6.90. The first-order valence-corrected chi connectivity index (χ1v) is 9.61. The van der Waals surface area contributed by atoms with Crippen LogP contribution in [-0.2, 0) is 9.47 Å². The van der Waals surface area contributed by atoms with E-state index in [-0.39, 0.29) is 13.2 Å². The van der Waals surface area contributed by atoms with Crippen molar-refractivity contribution >= 4 is 12.2 Å². The molecule has 1 fully saturated rings.